The number of carbonyl (C=O) groups is 1. The summed E-state index contributed by atoms with van der Waals surface area (Å²) in [5, 5.41) is 0. The summed E-state index contributed by atoms with van der Waals surface area (Å²) in [6, 6.07) is 10.8. The fourth-order valence-electron chi connectivity index (χ4n) is 5.92. The van der Waals surface area contributed by atoms with Gasteiger partial charge in [0, 0.05) is 5.88 Å². The van der Waals surface area contributed by atoms with Crippen LogP contribution in [0.3, 0.4) is 0 Å². The molecule has 4 bridgehead atoms. The Kier molecular flexibility index (Phi) is 2.91. The van der Waals surface area contributed by atoms with Crippen LogP contribution in [0, 0.1) is 23.2 Å². The van der Waals surface area contributed by atoms with Crippen molar-refractivity contribution >= 4 is 17.5 Å². The SMILES string of the molecule is NC(=O)C12CC3CC(c4ccccc4)(CC(C1)C3CCl)C2. The van der Waals surface area contributed by atoms with Crippen LogP contribution in [0.15, 0.2) is 30.3 Å². The minimum Gasteiger partial charge on any atom is -0.369 e. The van der Waals surface area contributed by atoms with Gasteiger partial charge in [0.25, 0.3) is 0 Å². The number of halogens is 1. The van der Waals surface area contributed by atoms with Crippen LogP contribution in [-0.2, 0) is 10.2 Å². The third-order valence-electron chi connectivity index (χ3n) is 6.59. The van der Waals surface area contributed by atoms with Crippen molar-refractivity contribution in [1.29, 1.82) is 0 Å². The van der Waals surface area contributed by atoms with Gasteiger partial charge < -0.3 is 5.73 Å². The van der Waals surface area contributed by atoms with Crippen LogP contribution in [0.2, 0.25) is 0 Å². The van der Waals surface area contributed by atoms with E-state index in [0.29, 0.717) is 17.8 Å². The molecular weight excluding hydrogens is 282 g/mol. The highest BCUT2D eigenvalue weighted by Gasteiger charge is 2.63. The minimum atomic E-state index is -0.274. The number of nitrogens with two attached hydrogens (primary N) is 1. The summed E-state index contributed by atoms with van der Waals surface area (Å²) in [5.41, 5.74) is 7.13. The fraction of sp³-hybridized carbons (Fsp3) is 0.611. The molecule has 2 unspecified atom stereocenters. The zero-order valence-corrected chi connectivity index (χ0v) is 13.0. The average molecular weight is 304 g/mol. The molecule has 2 N–H and O–H groups in total. The summed E-state index contributed by atoms with van der Waals surface area (Å²) in [5.74, 6) is 2.36. The van der Waals surface area contributed by atoms with Crippen molar-refractivity contribution < 1.29 is 4.79 Å². The molecule has 4 fully saturated rings. The maximum atomic E-state index is 12.2. The van der Waals surface area contributed by atoms with Crippen LogP contribution >= 0.6 is 11.6 Å². The Labute approximate surface area is 131 Å². The molecular formula is C18H22ClNO. The molecule has 2 nitrogen and oxygen atoms in total. The van der Waals surface area contributed by atoms with E-state index in [0.717, 1.165) is 25.1 Å². The normalized spacial score (nSPS) is 44.0. The molecule has 0 radical (unpaired) electrons. The summed E-state index contributed by atoms with van der Waals surface area (Å²) in [4.78, 5) is 12.2. The van der Waals surface area contributed by atoms with Crippen LogP contribution < -0.4 is 5.73 Å². The number of benzene rings is 1. The van der Waals surface area contributed by atoms with Crippen molar-refractivity contribution in [2.75, 3.05) is 5.88 Å². The summed E-state index contributed by atoms with van der Waals surface area (Å²) < 4.78 is 0. The molecule has 0 aliphatic heterocycles. The zero-order valence-electron chi connectivity index (χ0n) is 12.2. The monoisotopic (exact) mass is 303 g/mol. The van der Waals surface area contributed by atoms with Gasteiger partial charge in [0.15, 0.2) is 0 Å². The number of carbonyl (C=O) groups excluding carboxylic acids is 1. The van der Waals surface area contributed by atoms with Gasteiger partial charge in [-0.15, -0.1) is 11.6 Å². The summed E-state index contributed by atoms with van der Waals surface area (Å²) >= 11 is 6.25. The van der Waals surface area contributed by atoms with Gasteiger partial charge in [-0.05, 0) is 60.8 Å². The molecule has 21 heavy (non-hydrogen) atoms. The predicted molar refractivity (Wildman–Crippen MR) is 84.0 cm³/mol. The maximum Gasteiger partial charge on any atom is 0.223 e. The van der Waals surface area contributed by atoms with Crippen LogP contribution in [-0.4, -0.2) is 11.8 Å². The molecule has 1 aromatic carbocycles. The molecule has 5 rings (SSSR count). The highest BCUT2D eigenvalue weighted by Crippen LogP contribution is 2.67. The Morgan fingerprint density at radius 3 is 2.29 bits per heavy atom. The molecule has 2 atom stereocenters. The fourth-order valence-corrected chi connectivity index (χ4v) is 6.42. The first-order chi connectivity index (χ1) is 10.1. The van der Waals surface area contributed by atoms with Gasteiger partial charge in [-0.2, -0.15) is 0 Å². The molecule has 4 aliphatic rings. The van der Waals surface area contributed by atoms with E-state index in [9.17, 15) is 4.79 Å². The number of hydrogen-bond donors (Lipinski definition) is 1. The smallest absolute Gasteiger partial charge is 0.223 e. The second-order valence-electron chi connectivity index (χ2n) is 7.62. The lowest BCUT2D eigenvalue weighted by Gasteiger charge is -2.64. The van der Waals surface area contributed by atoms with E-state index in [2.05, 4.69) is 30.3 Å². The standard InChI is InChI=1S/C18H22ClNO/c19-10-15-12-6-17(14-4-2-1-3-5-14)7-13(15)9-18(8-12,11-17)16(20)21/h1-5,12-13,15H,6-11H2,(H2,20,21). The van der Waals surface area contributed by atoms with Gasteiger partial charge in [-0.25, -0.2) is 0 Å². The number of amides is 1. The molecule has 0 aromatic heterocycles. The highest BCUT2D eigenvalue weighted by atomic mass is 35.5. The third-order valence-corrected chi connectivity index (χ3v) is 6.94. The molecule has 1 aromatic rings. The van der Waals surface area contributed by atoms with Crippen molar-refractivity contribution in [1.82, 2.24) is 0 Å². The second kappa shape index (κ2) is 4.49. The first-order valence-corrected chi connectivity index (χ1v) is 8.53. The van der Waals surface area contributed by atoms with Crippen molar-refractivity contribution in [3.05, 3.63) is 35.9 Å². The van der Waals surface area contributed by atoms with E-state index in [4.69, 9.17) is 17.3 Å². The van der Waals surface area contributed by atoms with Crippen molar-refractivity contribution in [3.8, 4) is 0 Å². The topological polar surface area (TPSA) is 43.1 Å². The third kappa shape index (κ3) is 1.81. The summed E-state index contributed by atoms with van der Waals surface area (Å²) in [6.45, 7) is 0. The Bertz CT molecular complexity index is 554. The zero-order chi connectivity index (χ0) is 14.7. The Morgan fingerprint density at radius 1 is 1.14 bits per heavy atom. The van der Waals surface area contributed by atoms with Crippen molar-refractivity contribution in [2.45, 2.75) is 37.5 Å². The average Bonchev–Trinajstić information content (AvgIpc) is 2.47. The molecule has 0 spiro atoms. The number of primary amides is 1. The van der Waals surface area contributed by atoms with Crippen molar-refractivity contribution in [2.24, 2.45) is 28.9 Å². The molecule has 1 amide bonds. The maximum absolute atomic E-state index is 12.2. The predicted octanol–water partition coefficient (Wildman–Crippen LogP) is 3.47. The number of alkyl halides is 1. The van der Waals surface area contributed by atoms with E-state index < -0.39 is 0 Å². The van der Waals surface area contributed by atoms with Gasteiger partial charge in [-0.3, -0.25) is 4.79 Å². The number of rotatable bonds is 3. The molecule has 112 valence electrons. The van der Waals surface area contributed by atoms with Crippen LogP contribution in [0.5, 0.6) is 0 Å². The highest BCUT2D eigenvalue weighted by molar-refractivity contribution is 6.18. The summed E-state index contributed by atoms with van der Waals surface area (Å²) in [7, 11) is 0. The minimum absolute atomic E-state index is 0.0785. The Hall–Kier alpha value is -1.02. The lowest BCUT2D eigenvalue weighted by atomic mass is 9.40. The molecule has 4 saturated carbocycles. The van der Waals surface area contributed by atoms with Crippen LogP contribution in [0.1, 0.15) is 37.7 Å². The van der Waals surface area contributed by atoms with Gasteiger partial charge in [0.1, 0.15) is 0 Å². The van der Waals surface area contributed by atoms with E-state index in [1.165, 1.54) is 18.4 Å². The van der Waals surface area contributed by atoms with Gasteiger partial charge in [0.05, 0.1) is 5.41 Å². The first-order valence-electron chi connectivity index (χ1n) is 8.00. The summed E-state index contributed by atoms with van der Waals surface area (Å²) in [6.07, 6.45) is 5.23. The largest absolute Gasteiger partial charge is 0.369 e. The van der Waals surface area contributed by atoms with E-state index >= 15 is 0 Å². The van der Waals surface area contributed by atoms with Crippen LogP contribution in [0.4, 0.5) is 0 Å². The van der Waals surface area contributed by atoms with E-state index in [1.807, 2.05) is 0 Å². The lowest BCUT2D eigenvalue weighted by Crippen LogP contribution is -2.61. The molecule has 0 saturated heterocycles. The first kappa shape index (κ1) is 13.6. The van der Waals surface area contributed by atoms with Crippen molar-refractivity contribution in [3.63, 3.8) is 0 Å². The van der Waals surface area contributed by atoms with E-state index in [-0.39, 0.29) is 16.7 Å². The van der Waals surface area contributed by atoms with Gasteiger partial charge in [-0.1, -0.05) is 30.3 Å². The Balaban J connectivity index is 1.80. The lowest BCUT2D eigenvalue weighted by molar-refractivity contribution is -0.152. The van der Waals surface area contributed by atoms with Gasteiger partial charge >= 0.3 is 0 Å². The quantitative estimate of drug-likeness (QED) is 0.854. The van der Waals surface area contributed by atoms with Gasteiger partial charge in [0.2, 0.25) is 5.91 Å². The number of hydrogen-bond acceptors (Lipinski definition) is 1. The molecule has 3 heteroatoms. The molecule has 4 aliphatic carbocycles. The second-order valence-corrected chi connectivity index (χ2v) is 7.93. The molecule has 0 heterocycles. The Morgan fingerprint density at radius 2 is 1.76 bits per heavy atom. The van der Waals surface area contributed by atoms with Crippen LogP contribution in [0.25, 0.3) is 0 Å². The van der Waals surface area contributed by atoms with E-state index in [1.54, 1.807) is 0 Å².